The Hall–Kier alpha value is -1.62. The van der Waals surface area contributed by atoms with Crippen molar-refractivity contribution in [2.45, 2.75) is 19.0 Å². The van der Waals surface area contributed by atoms with Crippen molar-refractivity contribution in [3.05, 3.63) is 34.3 Å². The zero-order valence-electron chi connectivity index (χ0n) is 10.3. The van der Waals surface area contributed by atoms with E-state index in [1.165, 1.54) is 11.0 Å². The van der Waals surface area contributed by atoms with Crippen LogP contribution in [0.2, 0.25) is 5.02 Å². The molecule has 2 rings (SSSR count). The molecule has 6 heteroatoms. The first-order chi connectivity index (χ1) is 8.83. The molecule has 1 atom stereocenters. The Labute approximate surface area is 114 Å². The monoisotopic (exact) mass is 285 g/mol. The van der Waals surface area contributed by atoms with Crippen LogP contribution in [-0.4, -0.2) is 40.6 Å². The SMILES string of the molecule is Cc1ccc(C(=O)N2CCC(F)(C(=O)O)C2)cc1Cl. The van der Waals surface area contributed by atoms with Crippen molar-refractivity contribution in [3.8, 4) is 0 Å². The predicted octanol–water partition coefficient (Wildman–Crippen LogP) is 2.29. The topological polar surface area (TPSA) is 57.6 Å². The zero-order chi connectivity index (χ0) is 14.2. The lowest BCUT2D eigenvalue weighted by Crippen LogP contribution is -2.38. The molecule has 1 fully saturated rings. The fourth-order valence-electron chi connectivity index (χ4n) is 2.03. The molecule has 0 aliphatic carbocycles. The second-order valence-corrected chi connectivity index (χ2v) is 5.12. The lowest BCUT2D eigenvalue weighted by atomic mass is 10.1. The van der Waals surface area contributed by atoms with Crippen molar-refractivity contribution >= 4 is 23.5 Å². The zero-order valence-corrected chi connectivity index (χ0v) is 11.1. The molecular weight excluding hydrogens is 273 g/mol. The molecule has 1 aromatic rings. The van der Waals surface area contributed by atoms with Gasteiger partial charge < -0.3 is 10.0 Å². The summed E-state index contributed by atoms with van der Waals surface area (Å²) >= 11 is 5.93. The molecule has 1 saturated heterocycles. The molecule has 102 valence electrons. The number of halogens is 2. The van der Waals surface area contributed by atoms with E-state index >= 15 is 0 Å². The van der Waals surface area contributed by atoms with Gasteiger partial charge in [-0.15, -0.1) is 0 Å². The number of carboxylic acid groups (broad SMARTS) is 1. The van der Waals surface area contributed by atoms with Crippen molar-refractivity contribution in [1.82, 2.24) is 4.90 Å². The van der Waals surface area contributed by atoms with Gasteiger partial charge in [-0.1, -0.05) is 17.7 Å². The maximum atomic E-state index is 13.9. The molecule has 1 heterocycles. The van der Waals surface area contributed by atoms with Crippen molar-refractivity contribution in [2.24, 2.45) is 0 Å². The van der Waals surface area contributed by atoms with Crippen LogP contribution in [0.15, 0.2) is 18.2 Å². The van der Waals surface area contributed by atoms with E-state index in [1.807, 2.05) is 6.92 Å². The van der Waals surface area contributed by atoms with Gasteiger partial charge >= 0.3 is 5.97 Å². The number of nitrogens with zero attached hydrogens (tertiary/aromatic N) is 1. The Bertz CT molecular complexity index is 549. The number of aryl methyl sites for hydroxylation is 1. The number of carboxylic acids is 1. The molecule has 4 nitrogen and oxygen atoms in total. The molecule has 1 N–H and O–H groups in total. The number of amides is 1. The molecule has 1 aromatic carbocycles. The number of carbonyl (C=O) groups excluding carboxylic acids is 1. The number of rotatable bonds is 2. The molecule has 19 heavy (non-hydrogen) atoms. The van der Waals surface area contributed by atoms with Crippen LogP contribution in [0.5, 0.6) is 0 Å². The van der Waals surface area contributed by atoms with E-state index in [4.69, 9.17) is 16.7 Å². The van der Waals surface area contributed by atoms with E-state index < -0.39 is 24.1 Å². The maximum absolute atomic E-state index is 13.9. The van der Waals surface area contributed by atoms with Gasteiger partial charge in [0.25, 0.3) is 5.91 Å². The van der Waals surface area contributed by atoms with Crippen LogP contribution in [0, 0.1) is 6.92 Å². The van der Waals surface area contributed by atoms with Crippen LogP contribution in [0.3, 0.4) is 0 Å². The van der Waals surface area contributed by atoms with Crippen LogP contribution >= 0.6 is 11.6 Å². The number of benzene rings is 1. The van der Waals surface area contributed by atoms with E-state index in [2.05, 4.69) is 0 Å². The largest absolute Gasteiger partial charge is 0.479 e. The summed E-state index contributed by atoms with van der Waals surface area (Å²) < 4.78 is 13.9. The molecule has 1 amide bonds. The smallest absolute Gasteiger partial charge is 0.343 e. The number of likely N-dealkylation sites (tertiary alicyclic amines) is 1. The number of hydrogen-bond acceptors (Lipinski definition) is 2. The summed E-state index contributed by atoms with van der Waals surface area (Å²) in [5.41, 5.74) is -1.17. The standard InChI is InChI=1S/C13H13ClFNO3/c1-8-2-3-9(6-10(8)14)11(17)16-5-4-13(15,7-16)12(18)19/h2-3,6H,4-5,7H2,1H3,(H,18,19). The van der Waals surface area contributed by atoms with E-state index in [0.29, 0.717) is 10.6 Å². The fraction of sp³-hybridized carbons (Fsp3) is 0.385. The van der Waals surface area contributed by atoms with Gasteiger partial charge in [0.2, 0.25) is 5.67 Å². The van der Waals surface area contributed by atoms with Crippen molar-refractivity contribution in [1.29, 1.82) is 0 Å². The van der Waals surface area contributed by atoms with Gasteiger partial charge in [0, 0.05) is 23.6 Å². The second kappa shape index (κ2) is 4.81. The molecule has 1 aliphatic rings. The Kier molecular flexibility index (Phi) is 3.49. The summed E-state index contributed by atoms with van der Waals surface area (Å²) in [5.74, 6) is -1.92. The Morgan fingerprint density at radius 3 is 2.68 bits per heavy atom. The average Bonchev–Trinajstić information content (AvgIpc) is 2.76. The van der Waals surface area contributed by atoms with E-state index in [9.17, 15) is 14.0 Å². The fourth-order valence-corrected chi connectivity index (χ4v) is 2.21. The first-order valence-corrected chi connectivity index (χ1v) is 6.19. The van der Waals surface area contributed by atoms with Gasteiger partial charge in [-0.3, -0.25) is 4.79 Å². The molecule has 0 aromatic heterocycles. The highest BCUT2D eigenvalue weighted by Gasteiger charge is 2.46. The normalized spacial score (nSPS) is 22.6. The molecule has 1 aliphatic heterocycles. The van der Waals surface area contributed by atoms with E-state index in [-0.39, 0.29) is 13.0 Å². The minimum absolute atomic E-state index is 0.0904. The van der Waals surface area contributed by atoms with Crippen LogP contribution in [0.25, 0.3) is 0 Å². The second-order valence-electron chi connectivity index (χ2n) is 4.71. The van der Waals surface area contributed by atoms with Crippen molar-refractivity contribution < 1.29 is 19.1 Å². The third-order valence-electron chi connectivity index (χ3n) is 3.31. The van der Waals surface area contributed by atoms with Crippen molar-refractivity contribution in [3.63, 3.8) is 0 Å². The number of hydrogen-bond donors (Lipinski definition) is 1. The lowest BCUT2D eigenvalue weighted by Gasteiger charge is -2.18. The highest BCUT2D eigenvalue weighted by Crippen LogP contribution is 2.27. The Morgan fingerprint density at radius 2 is 2.16 bits per heavy atom. The van der Waals surface area contributed by atoms with Crippen LogP contribution < -0.4 is 0 Å². The van der Waals surface area contributed by atoms with E-state index in [0.717, 1.165) is 5.56 Å². The van der Waals surface area contributed by atoms with Gasteiger partial charge in [-0.05, 0) is 24.6 Å². The summed E-state index contributed by atoms with van der Waals surface area (Å²) in [6.45, 7) is 1.48. The van der Waals surface area contributed by atoms with Gasteiger partial charge in [-0.2, -0.15) is 0 Å². The summed E-state index contributed by atoms with van der Waals surface area (Å²) in [5, 5.41) is 9.24. The van der Waals surface area contributed by atoms with Gasteiger partial charge in [-0.25, -0.2) is 9.18 Å². The molecule has 0 radical (unpaired) electrons. The quantitative estimate of drug-likeness (QED) is 0.907. The minimum atomic E-state index is -2.34. The Balaban J connectivity index is 2.18. The molecule has 1 unspecified atom stereocenters. The van der Waals surface area contributed by atoms with Gasteiger partial charge in [0.05, 0.1) is 6.54 Å². The molecule has 0 saturated carbocycles. The lowest BCUT2D eigenvalue weighted by molar-refractivity contribution is -0.149. The van der Waals surface area contributed by atoms with Gasteiger partial charge in [0.1, 0.15) is 0 Å². The van der Waals surface area contributed by atoms with Crippen molar-refractivity contribution in [2.75, 3.05) is 13.1 Å². The summed E-state index contributed by atoms with van der Waals surface area (Å²) in [6.07, 6.45) is -0.187. The van der Waals surface area contributed by atoms with E-state index in [1.54, 1.807) is 12.1 Å². The molecule has 0 bridgehead atoms. The summed E-state index contributed by atoms with van der Waals surface area (Å²) in [7, 11) is 0. The van der Waals surface area contributed by atoms with Crippen LogP contribution in [-0.2, 0) is 4.79 Å². The average molecular weight is 286 g/mol. The Morgan fingerprint density at radius 1 is 1.47 bits per heavy atom. The first-order valence-electron chi connectivity index (χ1n) is 5.81. The predicted molar refractivity (Wildman–Crippen MR) is 68.2 cm³/mol. The first kappa shape index (κ1) is 13.8. The highest BCUT2D eigenvalue weighted by molar-refractivity contribution is 6.31. The highest BCUT2D eigenvalue weighted by atomic mass is 35.5. The maximum Gasteiger partial charge on any atom is 0.343 e. The summed E-state index contributed by atoms with van der Waals surface area (Å²) in [6, 6.07) is 4.81. The van der Waals surface area contributed by atoms with Crippen LogP contribution in [0.1, 0.15) is 22.3 Å². The number of aliphatic carboxylic acids is 1. The number of carbonyl (C=O) groups is 2. The minimum Gasteiger partial charge on any atom is -0.479 e. The third-order valence-corrected chi connectivity index (χ3v) is 3.72. The number of alkyl halides is 1. The third kappa shape index (κ3) is 2.56. The molecular formula is C13H13ClFNO3. The summed E-state index contributed by atoms with van der Waals surface area (Å²) in [4.78, 5) is 24.1. The van der Waals surface area contributed by atoms with Gasteiger partial charge in [0.15, 0.2) is 0 Å². The van der Waals surface area contributed by atoms with Crippen LogP contribution in [0.4, 0.5) is 4.39 Å². The molecule has 0 spiro atoms.